The van der Waals surface area contributed by atoms with E-state index in [2.05, 4.69) is 0 Å². The third kappa shape index (κ3) is 2.38. The molecule has 0 atom stereocenters. The number of nitro groups is 2. The third-order valence-electron chi connectivity index (χ3n) is 2.34. The Hall–Kier alpha value is -2.33. The Bertz CT molecular complexity index is 781. The summed E-state index contributed by atoms with van der Waals surface area (Å²) in [6, 6.07) is 7.70. The highest BCUT2D eigenvalue weighted by Gasteiger charge is 2.34. The van der Waals surface area contributed by atoms with E-state index in [9.17, 15) is 28.6 Å². The van der Waals surface area contributed by atoms with Crippen LogP contribution in [0, 0.1) is 20.2 Å². The number of rotatable bonds is 4. The minimum absolute atomic E-state index is 0.153. The molecule has 1 aromatic heterocycles. The number of sulfone groups is 1. The molecule has 1 heterocycles. The molecule has 20 heavy (non-hydrogen) atoms. The van der Waals surface area contributed by atoms with Gasteiger partial charge in [0.1, 0.15) is 6.07 Å². The molecule has 104 valence electrons. The summed E-state index contributed by atoms with van der Waals surface area (Å²) in [5, 5.41) is 20.9. The first-order valence-corrected chi connectivity index (χ1v) is 7.37. The Morgan fingerprint density at radius 1 is 1.00 bits per heavy atom. The van der Waals surface area contributed by atoms with E-state index in [0.29, 0.717) is 6.07 Å². The summed E-state index contributed by atoms with van der Waals surface area (Å²) in [6.45, 7) is 0. The fraction of sp³-hybridized carbons (Fsp3) is 0. The van der Waals surface area contributed by atoms with Gasteiger partial charge in [-0.25, -0.2) is 8.42 Å². The Kier molecular flexibility index (Phi) is 3.51. The van der Waals surface area contributed by atoms with Gasteiger partial charge < -0.3 is 0 Å². The van der Waals surface area contributed by atoms with E-state index in [1.807, 2.05) is 0 Å². The van der Waals surface area contributed by atoms with Crippen molar-refractivity contribution in [2.24, 2.45) is 0 Å². The lowest BCUT2D eigenvalue weighted by Crippen LogP contribution is -2.02. The first-order chi connectivity index (χ1) is 9.34. The van der Waals surface area contributed by atoms with Crippen LogP contribution in [-0.4, -0.2) is 18.3 Å². The smallest absolute Gasteiger partial charge is 0.258 e. The predicted molar refractivity (Wildman–Crippen MR) is 69.5 cm³/mol. The maximum absolute atomic E-state index is 12.3. The van der Waals surface area contributed by atoms with Crippen LogP contribution in [0.5, 0.6) is 0 Å². The lowest BCUT2D eigenvalue weighted by Gasteiger charge is -2.00. The standard InChI is InChI=1S/C10H6N2O6S2/c13-11(14)8-6-9(12(15)16)19-10(8)20(17,18)7-4-2-1-3-5-7/h1-6H. The fourth-order valence-electron chi connectivity index (χ4n) is 1.47. The fourth-order valence-corrected chi connectivity index (χ4v) is 4.26. The number of benzene rings is 1. The van der Waals surface area contributed by atoms with Gasteiger partial charge in [0.05, 0.1) is 14.7 Å². The second-order valence-electron chi connectivity index (χ2n) is 3.59. The number of hydrogen-bond acceptors (Lipinski definition) is 7. The van der Waals surface area contributed by atoms with Crippen molar-refractivity contribution in [3.63, 3.8) is 0 Å². The molecule has 0 spiro atoms. The molecule has 0 fully saturated rings. The second kappa shape index (κ2) is 4.98. The topological polar surface area (TPSA) is 120 Å². The van der Waals surface area contributed by atoms with Crippen molar-refractivity contribution < 1.29 is 18.3 Å². The quantitative estimate of drug-likeness (QED) is 0.631. The minimum atomic E-state index is -4.15. The van der Waals surface area contributed by atoms with Crippen LogP contribution in [0.2, 0.25) is 0 Å². The van der Waals surface area contributed by atoms with Crippen molar-refractivity contribution in [1.29, 1.82) is 0 Å². The van der Waals surface area contributed by atoms with E-state index in [1.165, 1.54) is 24.3 Å². The van der Waals surface area contributed by atoms with Crippen LogP contribution in [0.1, 0.15) is 0 Å². The number of nitrogens with zero attached hydrogens (tertiary/aromatic N) is 2. The summed E-state index contributed by atoms with van der Waals surface area (Å²) >= 11 is 0.269. The van der Waals surface area contributed by atoms with Crippen LogP contribution in [0.4, 0.5) is 10.7 Å². The summed E-state index contributed by atoms with van der Waals surface area (Å²) in [4.78, 5) is 19.6. The van der Waals surface area contributed by atoms with Crippen molar-refractivity contribution in [2.45, 2.75) is 9.10 Å². The largest absolute Gasteiger partial charge is 0.332 e. The van der Waals surface area contributed by atoms with E-state index in [4.69, 9.17) is 0 Å². The maximum Gasteiger partial charge on any atom is 0.332 e. The Morgan fingerprint density at radius 3 is 2.10 bits per heavy atom. The summed E-state index contributed by atoms with van der Waals surface area (Å²) in [5.74, 6) is 0. The summed E-state index contributed by atoms with van der Waals surface area (Å²) in [5.41, 5.74) is -0.787. The van der Waals surface area contributed by atoms with E-state index in [0.717, 1.165) is 0 Å². The van der Waals surface area contributed by atoms with E-state index in [-0.39, 0.29) is 16.2 Å². The lowest BCUT2D eigenvalue weighted by atomic mass is 10.4. The molecule has 0 saturated carbocycles. The van der Waals surface area contributed by atoms with Gasteiger partial charge in [-0.05, 0) is 23.5 Å². The average Bonchev–Trinajstić information content (AvgIpc) is 2.86. The van der Waals surface area contributed by atoms with E-state index >= 15 is 0 Å². The van der Waals surface area contributed by atoms with Gasteiger partial charge in [0.15, 0.2) is 0 Å². The van der Waals surface area contributed by atoms with Crippen LogP contribution in [0.25, 0.3) is 0 Å². The van der Waals surface area contributed by atoms with Gasteiger partial charge >= 0.3 is 10.7 Å². The molecule has 0 amide bonds. The molecule has 0 bridgehead atoms. The molecule has 0 aliphatic heterocycles. The second-order valence-corrected chi connectivity index (χ2v) is 6.76. The predicted octanol–water partition coefficient (Wildman–Crippen LogP) is 2.40. The van der Waals surface area contributed by atoms with E-state index < -0.39 is 34.6 Å². The Balaban J connectivity index is 2.69. The minimum Gasteiger partial charge on any atom is -0.258 e. The zero-order chi connectivity index (χ0) is 14.9. The van der Waals surface area contributed by atoms with E-state index in [1.54, 1.807) is 6.07 Å². The summed E-state index contributed by atoms with van der Waals surface area (Å²) < 4.78 is 23.9. The molecule has 0 unspecified atom stereocenters. The van der Waals surface area contributed by atoms with Crippen LogP contribution >= 0.6 is 11.3 Å². The molecule has 0 aliphatic carbocycles. The first-order valence-electron chi connectivity index (χ1n) is 5.07. The monoisotopic (exact) mass is 314 g/mol. The molecule has 1 aromatic carbocycles. The van der Waals surface area contributed by atoms with Crippen molar-refractivity contribution in [2.75, 3.05) is 0 Å². The van der Waals surface area contributed by atoms with Crippen molar-refractivity contribution in [1.82, 2.24) is 0 Å². The molecule has 10 heteroatoms. The highest BCUT2D eigenvalue weighted by Crippen LogP contribution is 2.40. The molecule has 0 aliphatic rings. The van der Waals surface area contributed by atoms with Crippen LogP contribution in [-0.2, 0) is 9.84 Å². The zero-order valence-electron chi connectivity index (χ0n) is 9.62. The molecular formula is C10H6N2O6S2. The van der Waals surface area contributed by atoms with Crippen molar-refractivity contribution in [3.05, 3.63) is 56.6 Å². The molecule has 2 rings (SSSR count). The molecule has 8 nitrogen and oxygen atoms in total. The normalized spacial score (nSPS) is 11.2. The highest BCUT2D eigenvalue weighted by atomic mass is 32.2. The first kappa shape index (κ1) is 14.1. The van der Waals surface area contributed by atoms with Gasteiger partial charge in [0.25, 0.3) is 0 Å². The average molecular weight is 314 g/mol. The van der Waals surface area contributed by atoms with Crippen LogP contribution in [0.3, 0.4) is 0 Å². The van der Waals surface area contributed by atoms with Crippen LogP contribution < -0.4 is 0 Å². The van der Waals surface area contributed by atoms with Gasteiger partial charge in [0, 0.05) is 0 Å². The van der Waals surface area contributed by atoms with Gasteiger partial charge in [-0.15, -0.1) is 0 Å². The molecule has 0 saturated heterocycles. The third-order valence-corrected chi connectivity index (χ3v) is 5.71. The van der Waals surface area contributed by atoms with Gasteiger partial charge in [-0.1, -0.05) is 18.2 Å². The van der Waals surface area contributed by atoms with Crippen molar-refractivity contribution in [3.8, 4) is 0 Å². The molecule has 0 radical (unpaired) electrons. The van der Waals surface area contributed by atoms with Gasteiger partial charge in [-0.2, -0.15) is 0 Å². The maximum atomic E-state index is 12.3. The SMILES string of the molecule is O=[N+]([O-])c1cc([N+](=O)[O-])c(S(=O)(=O)c2ccccc2)s1. The molecule has 2 aromatic rings. The number of thiophene rings is 1. The number of hydrogen-bond donors (Lipinski definition) is 0. The Labute approximate surface area is 116 Å². The lowest BCUT2D eigenvalue weighted by molar-refractivity contribution is -0.391. The summed E-state index contributed by atoms with van der Waals surface area (Å²) in [6.07, 6.45) is 0. The Morgan fingerprint density at radius 2 is 1.60 bits per heavy atom. The van der Waals surface area contributed by atoms with Gasteiger partial charge in [-0.3, -0.25) is 20.2 Å². The molecule has 0 N–H and O–H groups in total. The van der Waals surface area contributed by atoms with Crippen LogP contribution in [0.15, 0.2) is 45.5 Å². The van der Waals surface area contributed by atoms with Crippen molar-refractivity contribution >= 4 is 31.9 Å². The van der Waals surface area contributed by atoms with Gasteiger partial charge in [0.2, 0.25) is 14.0 Å². The highest BCUT2D eigenvalue weighted by molar-refractivity contribution is 7.93. The zero-order valence-corrected chi connectivity index (χ0v) is 11.3. The molecular weight excluding hydrogens is 308 g/mol. The summed E-state index contributed by atoms with van der Waals surface area (Å²) in [7, 11) is -4.15.